The minimum Gasteiger partial charge on any atom is -0.442 e. The molecule has 0 saturated carbocycles. The SMILES string of the molecule is CC(=O)c1ccc(Cl)c(ONC(=O)OC(C)(C)C)c1.CC(C)(C)OC(=O)NOc1cc(Br)ccc1Cl. The fourth-order valence-corrected chi connectivity index (χ4v) is 2.80. The lowest BCUT2D eigenvalue weighted by atomic mass is 10.1. The minimum atomic E-state index is -0.739. The summed E-state index contributed by atoms with van der Waals surface area (Å²) in [6.45, 7) is 11.9. The molecule has 0 aliphatic rings. The minimum absolute atomic E-state index is 0.126. The van der Waals surface area contributed by atoms with Crippen LogP contribution in [0.5, 0.6) is 11.5 Å². The van der Waals surface area contributed by atoms with Crippen molar-refractivity contribution < 1.29 is 33.5 Å². The van der Waals surface area contributed by atoms with Crippen molar-refractivity contribution in [3.63, 3.8) is 0 Å². The van der Waals surface area contributed by atoms with Crippen molar-refractivity contribution in [2.75, 3.05) is 0 Å². The Balaban J connectivity index is 0.000000362. The number of halogens is 3. The molecule has 0 radical (unpaired) electrons. The third-order valence-electron chi connectivity index (χ3n) is 3.52. The molecular formula is C24H29BrCl2N2O7. The molecule has 0 saturated heterocycles. The number of ether oxygens (including phenoxy) is 2. The molecule has 2 aromatic rings. The third kappa shape index (κ3) is 12.9. The first-order chi connectivity index (χ1) is 16.5. The molecule has 198 valence electrons. The second kappa shape index (κ2) is 13.6. The van der Waals surface area contributed by atoms with E-state index in [1.165, 1.54) is 19.1 Å². The first-order valence-corrected chi connectivity index (χ1v) is 12.1. The number of ketones is 1. The molecule has 0 bridgehead atoms. The highest BCUT2D eigenvalue weighted by atomic mass is 79.9. The average Bonchev–Trinajstić information content (AvgIpc) is 2.71. The molecule has 0 unspecified atom stereocenters. The van der Waals surface area contributed by atoms with Gasteiger partial charge in [-0.15, -0.1) is 0 Å². The highest BCUT2D eigenvalue weighted by Gasteiger charge is 2.18. The number of carbonyl (C=O) groups is 3. The van der Waals surface area contributed by atoms with E-state index in [2.05, 4.69) is 26.9 Å². The van der Waals surface area contributed by atoms with Crippen molar-refractivity contribution >= 4 is 57.1 Å². The Morgan fingerprint density at radius 3 is 1.58 bits per heavy atom. The highest BCUT2D eigenvalue weighted by molar-refractivity contribution is 9.10. The normalized spacial score (nSPS) is 10.8. The fourth-order valence-electron chi connectivity index (χ4n) is 2.15. The van der Waals surface area contributed by atoms with E-state index in [4.69, 9.17) is 42.4 Å². The first-order valence-electron chi connectivity index (χ1n) is 10.5. The van der Waals surface area contributed by atoms with Crippen LogP contribution >= 0.6 is 39.1 Å². The van der Waals surface area contributed by atoms with E-state index >= 15 is 0 Å². The Hall–Kier alpha value is -2.69. The quantitative estimate of drug-likeness (QED) is 0.271. The molecular weight excluding hydrogens is 579 g/mol. The van der Waals surface area contributed by atoms with E-state index < -0.39 is 23.4 Å². The van der Waals surface area contributed by atoms with E-state index in [0.29, 0.717) is 16.3 Å². The molecule has 0 aromatic heterocycles. The van der Waals surface area contributed by atoms with Gasteiger partial charge < -0.3 is 19.1 Å². The van der Waals surface area contributed by atoms with Crippen LogP contribution in [0.25, 0.3) is 0 Å². The Labute approximate surface area is 228 Å². The topological polar surface area (TPSA) is 112 Å². The van der Waals surface area contributed by atoms with Crippen LogP contribution in [0, 0.1) is 0 Å². The number of hydrogen-bond donors (Lipinski definition) is 2. The van der Waals surface area contributed by atoms with E-state index in [9.17, 15) is 14.4 Å². The predicted molar refractivity (Wildman–Crippen MR) is 141 cm³/mol. The average molecular weight is 608 g/mol. The van der Waals surface area contributed by atoms with Gasteiger partial charge in [-0.25, -0.2) is 9.59 Å². The summed E-state index contributed by atoms with van der Waals surface area (Å²) in [4.78, 5) is 44.0. The summed E-state index contributed by atoms with van der Waals surface area (Å²) in [6, 6.07) is 9.59. The largest absolute Gasteiger partial charge is 0.442 e. The second-order valence-electron chi connectivity index (χ2n) is 9.19. The monoisotopic (exact) mass is 606 g/mol. The van der Waals surface area contributed by atoms with Gasteiger partial charge in [0.1, 0.15) is 11.2 Å². The fraction of sp³-hybridized carbons (Fsp3) is 0.375. The summed E-state index contributed by atoms with van der Waals surface area (Å²) >= 11 is 15.0. The van der Waals surface area contributed by atoms with E-state index in [0.717, 1.165) is 4.47 Å². The molecule has 2 amide bonds. The number of rotatable bonds is 5. The first kappa shape index (κ1) is 31.3. The van der Waals surface area contributed by atoms with Crippen molar-refractivity contribution in [1.82, 2.24) is 11.0 Å². The molecule has 0 aliphatic carbocycles. The van der Waals surface area contributed by atoms with Gasteiger partial charge in [0.05, 0.1) is 10.0 Å². The van der Waals surface area contributed by atoms with Crippen LogP contribution in [0.1, 0.15) is 58.8 Å². The van der Waals surface area contributed by atoms with Gasteiger partial charge in [0.25, 0.3) is 0 Å². The van der Waals surface area contributed by atoms with E-state index in [1.807, 2.05) is 0 Å². The zero-order chi connectivity index (χ0) is 27.7. The van der Waals surface area contributed by atoms with Crippen molar-refractivity contribution in [2.45, 2.75) is 59.7 Å². The maximum absolute atomic E-state index is 11.4. The number of carbonyl (C=O) groups excluding carboxylic acids is 3. The van der Waals surface area contributed by atoms with Crippen LogP contribution < -0.4 is 20.6 Å². The lowest BCUT2D eigenvalue weighted by Gasteiger charge is -2.19. The number of hydroxylamine groups is 2. The summed E-state index contributed by atoms with van der Waals surface area (Å²) in [7, 11) is 0. The summed E-state index contributed by atoms with van der Waals surface area (Å²) in [5.41, 5.74) is 3.50. The molecule has 2 aromatic carbocycles. The van der Waals surface area contributed by atoms with Gasteiger partial charge in [-0.1, -0.05) is 39.1 Å². The van der Waals surface area contributed by atoms with Crippen molar-refractivity contribution in [3.8, 4) is 11.5 Å². The van der Waals surface area contributed by atoms with Crippen molar-refractivity contribution in [3.05, 3.63) is 56.5 Å². The summed E-state index contributed by atoms with van der Waals surface area (Å²) < 4.78 is 10.8. The molecule has 0 aliphatic heterocycles. The van der Waals surface area contributed by atoms with Crippen LogP contribution in [0.15, 0.2) is 40.9 Å². The Morgan fingerprint density at radius 1 is 0.750 bits per heavy atom. The van der Waals surface area contributed by atoms with Crippen LogP contribution in [0.2, 0.25) is 10.0 Å². The smallest absolute Gasteiger partial charge is 0.441 e. The van der Waals surface area contributed by atoms with Gasteiger partial charge in [-0.2, -0.15) is 11.0 Å². The Bertz CT molecular complexity index is 1080. The lowest BCUT2D eigenvalue weighted by Crippen LogP contribution is -2.34. The van der Waals surface area contributed by atoms with Crippen molar-refractivity contribution in [2.24, 2.45) is 0 Å². The molecule has 12 heteroatoms. The molecule has 0 atom stereocenters. The molecule has 9 nitrogen and oxygen atoms in total. The summed E-state index contributed by atoms with van der Waals surface area (Å²) in [5, 5.41) is 0.672. The van der Waals surface area contributed by atoms with E-state index in [1.54, 1.807) is 65.8 Å². The summed E-state index contributed by atoms with van der Waals surface area (Å²) in [5.74, 6) is 0.394. The van der Waals surface area contributed by atoms with Gasteiger partial charge in [0, 0.05) is 10.0 Å². The van der Waals surface area contributed by atoms with Gasteiger partial charge in [0.15, 0.2) is 17.3 Å². The van der Waals surface area contributed by atoms with Crippen LogP contribution in [0.4, 0.5) is 9.59 Å². The standard InChI is InChI=1S/C13H16ClNO4.C11H13BrClNO3/c1-8(16)9-5-6-10(14)11(7-9)19-15-12(17)18-13(2,3)4;1-11(2,3)16-10(15)14-17-9-6-7(12)4-5-8(9)13/h5-7H,1-4H3,(H,15,17);4-6H,1-3H3,(H,14,15). The second-order valence-corrected chi connectivity index (χ2v) is 10.9. The highest BCUT2D eigenvalue weighted by Crippen LogP contribution is 2.27. The Kier molecular flexibility index (Phi) is 11.8. The van der Waals surface area contributed by atoms with Crippen LogP contribution in [-0.4, -0.2) is 29.2 Å². The maximum atomic E-state index is 11.4. The van der Waals surface area contributed by atoms with Crippen LogP contribution in [-0.2, 0) is 9.47 Å². The van der Waals surface area contributed by atoms with Gasteiger partial charge in [0.2, 0.25) is 0 Å². The molecule has 36 heavy (non-hydrogen) atoms. The number of benzene rings is 2. The maximum Gasteiger partial charge on any atom is 0.441 e. The zero-order valence-corrected chi connectivity index (χ0v) is 24.1. The molecule has 0 heterocycles. The van der Waals surface area contributed by atoms with E-state index in [-0.39, 0.29) is 16.6 Å². The summed E-state index contributed by atoms with van der Waals surface area (Å²) in [6.07, 6.45) is -1.41. The van der Waals surface area contributed by atoms with Gasteiger partial charge >= 0.3 is 12.2 Å². The lowest BCUT2D eigenvalue weighted by molar-refractivity contribution is 0.0279. The van der Waals surface area contributed by atoms with Gasteiger partial charge in [-0.05, 0) is 84.9 Å². The number of hydrogen-bond acceptors (Lipinski definition) is 7. The number of amides is 2. The number of Topliss-reactive ketones (excluding diaryl/α,β-unsaturated/α-hetero) is 1. The Morgan fingerprint density at radius 2 is 1.17 bits per heavy atom. The van der Waals surface area contributed by atoms with Gasteiger partial charge in [-0.3, -0.25) is 4.79 Å². The molecule has 0 spiro atoms. The van der Waals surface area contributed by atoms with Crippen LogP contribution in [0.3, 0.4) is 0 Å². The molecule has 2 rings (SSSR count). The predicted octanol–water partition coefficient (Wildman–Crippen LogP) is 7.28. The molecule has 0 fully saturated rings. The zero-order valence-electron chi connectivity index (χ0n) is 21.0. The molecule has 2 N–H and O–H groups in total. The third-order valence-corrected chi connectivity index (χ3v) is 4.64. The van der Waals surface area contributed by atoms with Crippen molar-refractivity contribution in [1.29, 1.82) is 0 Å². The number of nitrogens with one attached hydrogen (secondary N) is 2.